The molecule has 190 valence electrons. The number of aromatic amines is 1. The number of aryl methyl sites for hydroxylation is 1. The average molecular weight is 499 g/mol. The molecule has 1 aromatic heterocycles. The van der Waals surface area contributed by atoms with Gasteiger partial charge >= 0.3 is 0 Å². The minimum atomic E-state index is -0.411. The third kappa shape index (κ3) is 4.38. The lowest BCUT2D eigenvalue weighted by molar-refractivity contribution is -0.137. The number of imide groups is 1. The van der Waals surface area contributed by atoms with Crippen LogP contribution in [-0.4, -0.2) is 45.1 Å². The van der Waals surface area contributed by atoms with Crippen LogP contribution in [0, 0.1) is 6.92 Å². The molecule has 2 aromatic carbocycles. The minimum Gasteiger partial charge on any atom is -0.358 e. The number of hydrogen-bond donors (Lipinski definition) is 3. The Kier molecular flexibility index (Phi) is 6.76. The van der Waals surface area contributed by atoms with Crippen molar-refractivity contribution in [2.45, 2.75) is 51.9 Å². The summed E-state index contributed by atoms with van der Waals surface area (Å²) in [7, 11) is 0. The number of H-pyrrole nitrogens is 1. The number of benzene rings is 2. The molecule has 0 bridgehead atoms. The molecule has 2 aliphatic heterocycles. The Labute approximate surface area is 215 Å². The number of para-hydroxylation sites is 2. The lowest BCUT2D eigenvalue weighted by Gasteiger charge is -2.17. The summed E-state index contributed by atoms with van der Waals surface area (Å²) in [5.74, 6) is -1.32. The molecule has 0 fully saturated rings. The summed E-state index contributed by atoms with van der Waals surface area (Å²) in [6, 6.07) is 15.6. The summed E-state index contributed by atoms with van der Waals surface area (Å²) in [6.45, 7) is 4.16. The van der Waals surface area contributed by atoms with Crippen molar-refractivity contribution < 1.29 is 19.6 Å². The zero-order chi connectivity index (χ0) is 26.1. The Bertz CT molecular complexity index is 1470. The zero-order valence-electron chi connectivity index (χ0n) is 21.0. The summed E-state index contributed by atoms with van der Waals surface area (Å²) in [6.07, 6.45) is 3.04. The minimum absolute atomic E-state index is 0.244. The Hall–Kier alpha value is -4.04. The van der Waals surface area contributed by atoms with E-state index in [2.05, 4.69) is 4.98 Å². The molecular formula is C29H30N4O4. The zero-order valence-corrected chi connectivity index (χ0v) is 21.0. The van der Waals surface area contributed by atoms with E-state index < -0.39 is 5.91 Å². The molecule has 0 saturated carbocycles. The second-order valence-corrected chi connectivity index (χ2v) is 9.67. The standard InChI is InChI=1S/C29H30N4O4/c1-17-24(19-11-6-8-13-21(19)30-17)26-27(25-18(2)31-22-14-9-7-12-20(22)25)29(36)33(28(26)35)16-10-4-3-5-15-23(34)32-37/h6-9,11-14,24,31,37H,3-5,10,15-16H2,1-2H3,(H,32,34). The number of aromatic nitrogens is 1. The predicted octanol–water partition coefficient (Wildman–Crippen LogP) is 4.94. The van der Waals surface area contributed by atoms with Crippen molar-refractivity contribution in [2.75, 3.05) is 6.54 Å². The third-order valence-corrected chi connectivity index (χ3v) is 7.26. The lowest BCUT2D eigenvalue weighted by Crippen LogP contribution is -2.33. The highest BCUT2D eigenvalue weighted by atomic mass is 16.5. The monoisotopic (exact) mass is 498 g/mol. The average Bonchev–Trinajstić information content (AvgIpc) is 3.48. The molecule has 1 atom stereocenters. The number of amides is 3. The number of carbonyl (C=O) groups excluding carboxylic acids is 3. The summed E-state index contributed by atoms with van der Waals surface area (Å²) < 4.78 is 0. The molecule has 3 N–H and O–H groups in total. The van der Waals surface area contributed by atoms with Gasteiger partial charge in [-0.3, -0.25) is 29.5 Å². The number of nitrogens with one attached hydrogen (secondary N) is 2. The second kappa shape index (κ2) is 10.1. The van der Waals surface area contributed by atoms with Gasteiger partial charge in [0.1, 0.15) is 0 Å². The number of hydroxylamine groups is 1. The molecule has 37 heavy (non-hydrogen) atoms. The molecule has 5 rings (SSSR count). The number of aliphatic imine (C=N–C) groups is 1. The maximum atomic E-state index is 14.0. The fourth-order valence-electron chi connectivity index (χ4n) is 5.55. The van der Waals surface area contributed by atoms with Crippen LogP contribution in [0.5, 0.6) is 0 Å². The number of nitrogens with zero attached hydrogens (tertiary/aromatic N) is 2. The first kappa shape index (κ1) is 24.6. The van der Waals surface area contributed by atoms with Crippen LogP contribution in [0.1, 0.15) is 61.8 Å². The fraction of sp³-hybridized carbons (Fsp3) is 0.310. The van der Waals surface area contributed by atoms with Crippen LogP contribution in [-0.2, 0) is 14.4 Å². The first-order valence-electron chi connectivity index (χ1n) is 12.7. The molecule has 3 amide bonds. The van der Waals surface area contributed by atoms with E-state index in [1.54, 1.807) is 5.48 Å². The maximum absolute atomic E-state index is 14.0. The molecule has 8 nitrogen and oxygen atoms in total. The van der Waals surface area contributed by atoms with Crippen molar-refractivity contribution in [1.29, 1.82) is 0 Å². The number of rotatable bonds is 9. The Morgan fingerprint density at radius 3 is 2.54 bits per heavy atom. The molecule has 0 aliphatic carbocycles. The molecule has 0 spiro atoms. The van der Waals surface area contributed by atoms with Crippen molar-refractivity contribution in [1.82, 2.24) is 15.4 Å². The third-order valence-electron chi connectivity index (χ3n) is 7.26. The summed E-state index contributed by atoms with van der Waals surface area (Å²) in [5, 5.41) is 9.54. The van der Waals surface area contributed by atoms with E-state index in [0.29, 0.717) is 30.5 Å². The van der Waals surface area contributed by atoms with E-state index in [1.165, 1.54) is 4.90 Å². The van der Waals surface area contributed by atoms with E-state index in [9.17, 15) is 14.4 Å². The van der Waals surface area contributed by atoms with Crippen molar-refractivity contribution in [3.8, 4) is 0 Å². The Morgan fingerprint density at radius 2 is 1.73 bits per heavy atom. The van der Waals surface area contributed by atoms with Crippen LogP contribution < -0.4 is 5.48 Å². The maximum Gasteiger partial charge on any atom is 0.261 e. The molecule has 0 saturated heterocycles. The van der Waals surface area contributed by atoms with Gasteiger partial charge in [-0.15, -0.1) is 0 Å². The van der Waals surface area contributed by atoms with Crippen LogP contribution in [0.2, 0.25) is 0 Å². The number of unbranched alkanes of at least 4 members (excludes halogenated alkanes) is 3. The fourth-order valence-corrected chi connectivity index (χ4v) is 5.55. The van der Waals surface area contributed by atoms with Crippen molar-refractivity contribution in [3.63, 3.8) is 0 Å². The highest BCUT2D eigenvalue weighted by Crippen LogP contribution is 2.46. The predicted molar refractivity (Wildman–Crippen MR) is 142 cm³/mol. The van der Waals surface area contributed by atoms with Crippen LogP contribution in [0.15, 0.2) is 59.1 Å². The molecule has 3 heterocycles. The summed E-state index contributed by atoms with van der Waals surface area (Å²) in [5.41, 5.74) is 7.70. The van der Waals surface area contributed by atoms with E-state index >= 15 is 0 Å². The van der Waals surface area contributed by atoms with Crippen LogP contribution in [0.25, 0.3) is 16.5 Å². The van der Waals surface area contributed by atoms with Gasteiger partial charge in [0.2, 0.25) is 5.91 Å². The Morgan fingerprint density at radius 1 is 1.00 bits per heavy atom. The van der Waals surface area contributed by atoms with Crippen molar-refractivity contribution in [3.05, 3.63) is 70.9 Å². The van der Waals surface area contributed by atoms with Crippen molar-refractivity contribution in [2.24, 2.45) is 4.99 Å². The number of fused-ring (bicyclic) bond motifs is 2. The molecule has 2 aliphatic rings. The highest BCUT2D eigenvalue weighted by Gasteiger charge is 2.45. The normalized spacial score (nSPS) is 17.1. The van der Waals surface area contributed by atoms with E-state index in [-0.39, 0.29) is 24.2 Å². The topological polar surface area (TPSA) is 115 Å². The van der Waals surface area contributed by atoms with Gasteiger partial charge in [-0.1, -0.05) is 49.2 Å². The SMILES string of the molecule is CC1=Nc2ccccc2C1C1=C(c2c(C)[nH]c3ccccc23)C(=O)N(CCCCCCC(=O)NO)C1=O. The van der Waals surface area contributed by atoms with E-state index in [1.807, 2.05) is 62.4 Å². The molecule has 8 heteroatoms. The molecular weight excluding hydrogens is 468 g/mol. The van der Waals surface area contributed by atoms with Gasteiger partial charge in [0.25, 0.3) is 11.8 Å². The van der Waals surface area contributed by atoms with Gasteiger partial charge in [0.05, 0.1) is 17.2 Å². The quantitative estimate of drug-likeness (QED) is 0.168. The molecule has 3 aromatic rings. The second-order valence-electron chi connectivity index (χ2n) is 9.67. The van der Waals surface area contributed by atoms with E-state index in [4.69, 9.17) is 10.2 Å². The Balaban J connectivity index is 1.50. The first-order chi connectivity index (χ1) is 17.9. The van der Waals surface area contributed by atoms with Gasteiger partial charge in [-0.25, -0.2) is 5.48 Å². The summed E-state index contributed by atoms with van der Waals surface area (Å²) in [4.78, 5) is 48.6. The van der Waals surface area contributed by atoms with Gasteiger partial charge in [-0.2, -0.15) is 0 Å². The van der Waals surface area contributed by atoms with Crippen molar-refractivity contribution >= 4 is 45.6 Å². The van der Waals surface area contributed by atoms with Crippen LogP contribution in [0.3, 0.4) is 0 Å². The lowest BCUT2D eigenvalue weighted by atomic mass is 9.84. The summed E-state index contributed by atoms with van der Waals surface area (Å²) >= 11 is 0. The van der Waals surface area contributed by atoms with E-state index in [0.717, 1.165) is 52.0 Å². The smallest absolute Gasteiger partial charge is 0.261 e. The molecule has 0 radical (unpaired) electrons. The largest absolute Gasteiger partial charge is 0.358 e. The van der Waals surface area contributed by atoms with Crippen LogP contribution >= 0.6 is 0 Å². The number of carbonyl (C=O) groups is 3. The van der Waals surface area contributed by atoms with Crippen LogP contribution in [0.4, 0.5) is 5.69 Å². The van der Waals surface area contributed by atoms with Gasteiger partial charge in [-0.05, 0) is 44.4 Å². The van der Waals surface area contributed by atoms with Gasteiger partial charge in [0.15, 0.2) is 0 Å². The van der Waals surface area contributed by atoms with Gasteiger partial charge in [0, 0.05) is 46.4 Å². The number of hydrogen-bond acceptors (Lipinski definition) is 5. The van der Waals surface area contributed by atoms with Gasteiger partial charge < -0.3 is 4.98 Å². The molecule has 1 unspecified atom stereocenters. The highest BCUT2D eigenvalue weighted by molar-refractivity contribution is 6.39. The first-order valence-corrected chi connectivity index (χ1v) is 12.7.